The molecule has 3 N–H and O–H groups in total. The minimum Gasteiger partial charge on any atom is -0.397 e. The van der Waals surface area contributed by atoms with E-state index < -0.39 is 0 Å². The number of nitrogens with zero attached hydrogens (tertiary/aromatic N) is 1. The van der Waals surface area contributed by atoms with E-state index in [9.17, 15) is 0 Å². The number of benzene rings is 1. The van der Waals surface area contributed by atoms with Gasteiger partial charge in [0.15, 0.2) is 0 Å². The van der Waals surface area contributed by atoms with Crippen molar-refractivity contribution in [1.82, 2.24) is 4.98 Å². The Morgan fingerprint density at radius 2 is 2.00 bits per heavy atom. The van der Waals surface area contributed by atoms with Crippen molar-refractivity contribution in [3.05, 3.63) is 53.9 Å². The molecule has 0 aliphatic carbocycles. The van der Waals surface area contributed by atoms with Crippen LogP contribution in [0.25, 0.3) is 0 Å². The standard InChI is InChI=1S/C14H17N3/c1-10-6-5-7-12(15)14(10)17-11(2)13-8-3-4-9-16-13/h3-9,11,17H,15H2,1-2H3. The van der Waals surface area contributed by atoms with Crippen LogP contribution in [0.4, 0.5) is 11.4 Å². The molecular weight excluding hydrogens is 210 g/mol. The van der Waals surface area contributed by atoms with Gasteiger partial charge in [-0.05, 0) is 37.6 Å². The van der Waals surface area contributed by atoms with E-state index in [1.165, 1.54) is 0 Å². The minimum absolute atomic E-state index is 0.139. The predicted octanol–water partition coefficient (Wildman–Crippen LogP) is 3.15. The Balaban J connectivity index is 2.22. The Hall–Kier alpha value is -2.03. The topological polar surface area (TPSA) is 50.9 Å². The molecule has 0 aliphatic heterocycles. The highest BCUT2D eigenvalue weighted by Gasteiger charge is 2.09. The molecule has 1 atom stereocenters. The Morgan fingerprint density at radius 3 is 2.65 bits per heavy atom. The van der Waals surface area contributed by atoms with Crippen molar-refractivity contribution in [3.8, 4) is 0 Å². The number of para-hydroxylation sites is 1. The fraction of sp³-hybridized carbons (Fsp3) is 0.214. The van der Waals surface area contributed by atoms with Gasteiger partial charge in [0.2, 0.25) is 0 Å². The summed E-state index contributed by atoms with van der Waals surface area (Å²) < 4.78 is 0. The highest BCUT2D eigenvalue weighted by atomic mass is 15.0. The molecule has 0 saturated heterocycles. The number of hydrogen-bond donors (Lipinski definition) is 2. The molecule has 2 aromatic rings. The van der Waals surface area contributed by atoms with Crippen molar-refractivity contribution in [2.45, 2.75) is 19.9 Å². The second-order valence-electron chi connectivity index (χ2n) is 4.16. The normalized spacial score (nSPS) is 12.1. The first-order valence-corrected chi connectivity index (χ1v) is 5.71. The SMILES string of the molecule is Cc1cccc(N)c1NC(C)c1ccccn1. The van der Waals surface area contributed by atoms with E-state index in [1.807, 2.05) is 43.3 Å². The number of hydrogen-bond acceptors (Lipinski definition) is 3. The number of aryl methyl sites for hydroxylation is 1. The Kier molecular flexibility index (Phi) is 3.28. The van der Waals surface area contributed by atoms with Gasteiger partial charge in [0.05, 0.1) is 23.1 Å². The molecule has 0 bridgehead atoms. The maximum atomic E-state index is 5.96. The lowest BCUT2D eigenvalue weighted by molar-refractivity contribution is 0.838. The average molecular weight is 227 g/mol. The largest absolute Gasteiger partial charge is 0.397 e. The third-order valence-corrected chi connectivity index (χ3v) is 2.80. The van der Waals surface area contributed by atoms with Crippen molar-refractivity contribution in [2.75, 3.05) is 11.1 Å². The summed E-state index contributed by atoms with van der Waals surface area (Å²) in [5.41, 5.74) is 9.88. The summed E-state index contributed by atoms with van der Waals surface area (Å²) in [5, 5.41) is 3.41. The minimum atomic E-state index is 0.139. The fourth-order valence-electron chi connectivity index (χ4n) is 1.81. The van der Waals surface area contributed by atoms with Crippen molar-refractivity contribution >= 4 is 11.4 Å². The molecule has 1 aromatic carbocycles. The zero-order chi connectivity index (χ0) is 12.3. The maximum absolute atomic E-state index is 5.96. The summed E-state index contributed by atoms with van der Waals surface area (Å²) in [5.74, 6) is 0. The van der Waals surface area contributed by atoms with Gasteiger partial charge in [-0.1, -0.05) is 18.2 Å². The van der Waals surface area contributed by atoms with E-state index in [0.29, 0.717) is 0 Å². The van der Waals surface area contributed by atoms with Crippen molar-refractivity contribution in [3.63, 3.8) is 0 Å². The summed E-state index contributed by atoms with van der Waals surface area (Å²) in [6.07, 6.45) is 1.80. The van der Waals surface area contributed by atoms with Crippen LogP contribution < -0.4 is 11.1 Å². The smallest absolute Gasteiger partial charge is 0.0657 e. The van der Waals surface area contributed by atoms with Crippen molar-refractivity contribution in [2.24, 2.45) is 0 Å². The van der Waals surface area contributed by atoms with Gasteiger partial charge in [-0.15, -0.1) is 0 Å². The van der Waals surface area contributed by atoms with Gasteiger partial charge in [-0.3, -0.25) is 4.98 Å². The lowest BCUT2D eigenvalue weighted by Gasteiger charge is -2.18. The summed E-state index contributed by atoms with van der Waals surface area (Å²) in [7, 11) is 0. The van der Waals surface area contributed by atoms with E-state index >= 15 is 0 Å². The maximum Gasteiger partial charge on any atom is 0.0657 e. The summed E-state index contributed by atoms with van der Waals surface area (Å²) >= 11 is 0. The van der Waals surface area contributed by atoms with Crippen LogP contribution in [0.2, 0.25) is 0 Å². The summed E-state index contributed by atoms with van der Waals surface area (Å²) in [6, 6.07) is 12.0. The first-order chi connectivity index (χ1) is 8.18. The van der Waals surface area contributed by atoms with Crippen LogP contribution in [-0.4, -0.2) is 4.98 Å². The second-order valence-corrected chi connectivity index (χ2v) is 4.16. The van der Waals surface area contributed by atoms with Gasteiger partial charge >= 0.3 is 0 Å². The van der Waals surface area contributed by atoms with Crippen LogP contribution in [0.1, 0.15) is 24.2 Å². The number of nitrogens with one attached hydrogen (secondary N) is 1. The van der Waals surface area contributed by atoms with Crippen LogP contribution >= 0.6 is 0 Å². The molecule has 3 nitrogen and oxygen atoms in total. The molecule has 17 heavy (non-hydrogen) atoms. The number of nitrogens with two attached hydrogens (primary N) is 1. The zero-order valence-electron chi connectivity index (χ0n) is 10.1. The quantitative estimate of drug-likeness (QED) is 0.792. The Bertz CT molecular complexity index is 474. The average Bonchev–Trinajstić information content (AvgIpc) is 2.35. The molecule has 0 fully saturated rings. The van der Waals surface area contributed by atoms with Crippen LogP contribution in [0.5, 0.6) is 0 Å². The number of nitrogen functional groups attached to an aromatic ring is 1. The molecule has 0 spiro atoms. The molecular formula is C14H17N3. The molecule has 0 amide bonds. The molecule has 1 unspecified atom stereocenters. The van der Waals surface area contributed by atoms with Crippen LogP contribution in [0.3, 0.4) is 0 Å². The van der Waals surface area contributed by atoms with Gasteiger partial charge in [-0.2, -0.15) is 0 Å². The van der Waals surface area contributed by atoms with Crippen LogP contribution in [0.15, 0.2) is 42.6 Å². The van der Waals surface area contributed by atoms with Crippen molar-refractivity contribution in [1.29, 1.82) is 0 Å². The van der Waals surface area contributed by atoms with Crippen molar-refractivity contribution < 1.29 is 0 Å². The third kappa shape index (κ3) is 2.56. The monoisotopic (exact) mass is 227 g/mol. The summed E-state index contributed by atoms with van der Waals surface area (Å²) in [4.78, 5) is 4.33. The van der Waals surface area contributed by atoms with Gasteiger partial charge in [-0.25, -0.2) is 0 Å². The molecule has 0 saturated carbocycles. The molecule has 0 aliphatic rings. The summed E-state index contributed by atoms with van der Waals surface area (Å²) in [6.45, 7) is 4.12. The van der Waals surface area contributed by atoms with E-state index in [0.717, 1.165) is 22.6 Å². The molecule has 3 heteroatoms. The van der Waals surface area contributed by atoms with Gasteiger partial charge in [0.1, 0.15) is 0 Å². The molecule has 1 heterocycles. The zero-order valence-corrected chi connectivity index (χ0v) is 10.1. The van der Waals surface area contributed by atoms with E-state index in [-0.39, 0.29) is 6.04 Å². The lowest BCUT2D eigenvalue weighted by Crippen LogP contribution is -2.10. The second kappa shape index (κ2) is 4.87. The van der Waals surface area contributed by atoms with E-state index in [1.54, 1.807) is 6.20 Å². The number of rotatable bonds is 3. The highest BCUT2D eigenvalue weighted by molar-refractivity contribution is 5.70. The van der Waals surface area contributed by atoms with Gasteiger partial charge in [0, 0.05) is 6.20 Å². The lowest BCUT2D eigenvalue weighted by atomic mass is 10.1. The third-order valence-electron chi connectivity index (χ3n) is 2.80. The van der Waals surface area contributed by atoms with E-state index in [4.69, 9.17) is 5.73 Å². The molecule has 88 valence electrons. The number of aromatic nitrogens is 1. The molecule has 0 radical (unpaired) electrons. The first-order valence-electron chi connectivity index (χ1n) is 5.71. The van der Waals surface area contributed by atoms with Gasteiger partial charge < -0.3 is 11.1 Å². The van der Waals surface area contributed by atoms with Gasteiger partial charge in [0.25, 0.3) is 0 Å². The van der Waals surface area contributed by atoms with Crippen LogP contribution in [0, 0.1) is 6.92 Å². The number of anilines is 2. The first kappa shape index (κ1) is 11.5. The Morgan fingerprint density at radius 1 is 1.18 bits per heavy atom. The van der Waals surface area contributed by atoms with E-state index in [2.05, 4.69) is 17.2 Å². The molecule has 1 aromatic heterocycles. The highest BCUT2D eigenvalue weighted by Crippen LogP contribution is 2.26. The van der Waals surface area contributed by atoms with Crippen LogP contribution in [-0.2, 0) is 0 Å². The Labute approximate surface area is 102 Å². The molecule has 2 rings (SSSR count). The fourth-order valence-corrected chi connectivity index (χ4v) is 1.81. The number of pyridine rings is 1. The predicted molar refractivity (Wildman–Crippen MR) is 71.9 cm³/mol.